The number of carboxylic acids is 1. The van der Waals surface area contributed by atoms with Crippen LogP contribution < -0.4 is 0 Å². The molecule has 0 radical (unpaired) electrons. The summed E-state index contributed by atoms with van der Waals surface area (Å²) >= 11 is 0. The van der Waals surface area contributed by atoms with Gasteiger partial charge in [-0.1, -0.05) is 6.07 Å². The molecule has 0 amide bonds. The third-order valence-electron chi connectivity index (χ3n) is 2.98. The molecular formula is C13H15NO3. The molecule has 0 aliphatic rings. The molecule has 4 heteroatoms. The maximum Gasteiger partial charge on any atom is 0.309 e. The Hall–Kier alpha value is -1.97. The van der Waals surface area contributed by atoms with Gasteiger partial charge in [0, 0.05) is 17.1 Å². The van der Waals surface area contributed by atoms with Crippen molar-refractivity contribution in [1.29, 1.82) is 0 Å². The quantitative estimate of drug-likeness (QED) is 0.762. The summed E-state index contributed by atoms with van der Waals surface area (Å²) < 4.78 is 0. The summed E-state index contributed by atoms with van der Waals surface area (Å²) in [5, 5.41) is 19.6. The standard InChI is InChI=1S/C13H15NO3/c1-13(2,12(16)17)6-8-7-14-9-4-3-5-10(15)11(8)9/h3-5,7,14-15H,6H2,1-2H3,(H,16,17). The van der Waals surface area contributed by atoms with Crippen LogP contribution in [0.5, 0.6) is 5.75 Å². The first-order valence-electron chi connectivity index (χ1n) is 5.43. The molecule has 1 aromatic heterocycles. The van der Waals surface area contributed by atoms with Crippen LogP contribution in [0.25, 0.3) is 10.9 Å². The van der Waals surface area contributed by atoms with Gasteiger partial charge < -0.3 is 15.2 Å². The normalized spacial score (nSPS) is 11.9. The molecule has 4 nitrogen and oxygen atoms in total. The van der Waals surface area contributed by atoms with Crippen molar-refractivity contribution in [2.75, 3.05) is 0 Å². The molecule has 17 heavy (non-hydrogen) atoms. The summed E-state index contributed by atoms with van der Waals surface area (Å²) in [4.78, 5) is 14.1. The third-order valence-corrected chi connectivity index (χ3v) is 2.98. The second kappa shape index (κ2) is 3.80. The molecule has 3 N–H and O–H groups in total. The van der Waals surface area contributed by atoms with E-state index in [1.807, 2.05) is 6.07 Å². The van der Waals surface area contributed by atoms with E-state index in [9.17, 15) is 9.90 Å². The van der Waals surface area contributed by atoms with E-state index in [4.69, 9.17) is 5.11 Å². The summed E-state index contributed by atoms with van der Waals surface area (Å²) in [7, 11) is 0. The van der Waals surface area contributed by atoms with Gasteiger partial charge in [-0.3, -0.25) is 4.79 Å². The Morgan fingerprint density at radius 3 is 2.76 bits per heavy atom. The van der Waals surface area contributed by atoms with E-state index >= 15 is 0 Å². The SMILES string of the molecule is CC(C)(Cc1c[nH]c2cccc(O)c12)C(=O)O. The zero-order valence-corrected chi connectivity index (χ0v) is 9.82. The first-order chi connectivity index (χ1) is 7.92. The number of aromatic amines is 1. The molecule has 0 bridgehead atoms. The smallest absolute Gasteiger partial charge is 0.309 e. The van der Waals surface area contributed by atoms with Gasteiger partial charge in [-0.2, -0.15) is 0 Å². The highest BCUT2D eigenvalue weighted by molar-refractivity contribution is 5.89. The minimum absolute atomic E-state index is 0.180. The van der Waals surface area contributed by atoms with Crippen LogP contribution in [-0.4, -0.2) is 21.2 Å². The van der Waals surface area contributed by atoms with Gasteiger partial charge in [-0.25, -0.2) is 0 Å². The number of phenolic OH excluding ortho intramolecular Hbond substituents is 1. The van der Waals surface area contributed by atoms with Crippen LogP contribution in [0.15, 0.2) is 24.4 Å². The number of aromatic nitrogens is 1. The number of phenols is 1. The second-order valence-electron chi connectivity index (χ2n) is 4.88. The minimum Gasteiger partial charge on any atom is -0.507 e. The fraction of sp³-hybridized carbons (Fsp3) is 0.308. The van der Waals surface area contributed by atoms with Crippen LogP contribution in [0.1, 0.15) is 19.4 Å². The zero-order chi connectivity index (χ0) is 12.6. The summed E-state index contributed by atoms with van der Waals surface area (Å²) in [5.74, 6) is -0.665. The minimum atomic E-state index is -0.850. The lowest BCUT2D eigenvalue weighted by atomic mass is 9.86. The topological polar surface area (TPSA) is 73.3 Å². The number of H-pyrrole nitrogens is 1. The van der Waals surface area contributed by atoms with Crippen molar-refractivity contribution in [2.45, 2.75) is 20.3 Å². The van der Waals surface area contributed by atoms with Crippen molar-refractivity contribution in [2.24, 2.45) is 5.41 Å². The number of nitrogens with one attached hydrogen (secondary N) is 1. The van der Waals surface area contributed by atoms with Crippen LogP contribution in [0.2, 0.25) is 0 Å². The number of benzene rings is 1. The first kappa shape index (κ1) is 11.5. The molecule has 0 atom stereocenters. The van der Waals surface area contributed by atoms with Gasteiger partial charge in [0.05, 0.1) is 5.41 Å². The Kier molecular flexibility index (Phi) is 2.58. The van der Waals surface area contributed by atoms with Crippen LogP contribution >= 0.6 is 0 Å². The number of rotatable bonds is 3. The van der Waals surface area contributed by atoms with E-state index in [2.05, 4.69) is 4.98 Å². The highest BCUT2D eigenvalue weighted by atomic mass is 16.4. The third kappa shape index (κ3) is 1.98. The fourth-order valence-electron chi connectivity index (χ4n) is 1.93. The number of aliphatic carboxylic acids is 1. The molecule has 0 saturated carbocycles. The number of hydrogen-bond acceptors (Lipinski definition) is 2. The van der Waals surface area contributed by atoms with Crippen molar-refractivity contribution in [3.8, 4) is 5.75 Å². The summed E-state index contributed by atoms with van der Waals surface area (Å²) in [6.45, 7) is 3.35. The number of fused-ring (bicyclic) bond motifs is 1. The monoisotopic (exact) mass is 233 g/mol. The predicted molar refractivity (Wildman–Crippen MR) is 65.1 cm³/mol. The van der Waals surface area contributed by atoms with Gasteiger partial charge >= 0.3 is 5.97 Å². The average molecular weight is 233 g/mol. The van der Waals surface area contributed by atoms with E-state index in [-0.39, 0.29) is 5.75 Å². The Balaban J connectivity index is 2.47. The van der Waals surface area contributed by atoms with Crippen LogP contribution in [0.4, 0.5) is 0 Å². The summed E-state index contributed by atoms with van der Waals surface area (Å²) in [5.41, 5.74) is 0.795. The number of carboxylic acid groups (broad SMARTS) is 1. The molecule has 1 heterocycles. The Bertz CT molecular complexity index is 569. The van der Waals surface area contributed by atoms with Crippen molar-refractivity contribution in [3.63, 3.8) is 0 Å². The maximum absolute atomic E-state index is 11.1. The Labute approximate surface area is 98.9 Å². The molecule has 0 fully saturated rings. The van der Waals surface area contributed by atoms with Gasteiger partial charge in [0.2, 0.25) is 0 Å². The zero-order valence-electron chi connectivity index (χ0n) is 9.82. The molecule has 0 unspecified atom stereocenters. The molecule has 90 valence electrons. The lowest BCUT2D eigenvalue weighted by Gasteiger charge is -2.18. The molecular weight excluding hydrogens is 218 g/mol. The molecule has 2 rings (SSSR count). The van der Waals surface area contributed by atoms with Gasteiger partial charge in [0.1, 0.15) is 5.75 Å². The molecule has 0 aliphatic heterocycles. The summed E-state index contributed by atoms with van der Waals surface area (Å²) in [6.07, 6.45) is 2.13. The van der Waals surface area contributed by atoms with Crippen LogP contribution in [-0.2, 0) is 11.2 Å². The van der Waals surface area contributed by atoms with Crippen LogP contribution in [0.3, 0.4) is 0 Å². The second-order valence-corrected chi connectivity index (χ2v) is 4.88. The highest BCUT2D eigenvalue weighted by Gasteiger charge is 2.28. The van der Waals surface area contributed by atoms with E-state index in [0.717, 1.165) is 11.1 Å². The molecule has 2 aromatic rings. The largest absolute Gasteiger partial charge is 0.507 e. The predicted octanol–water partition coefficient (Wildman–Crippen LogP) is 2.53. The number of hydrogen-bond donors (Lipinski definition) is 3. The molecule has 1 aromatic carbocycles. The van der Waals surface area contributed by atoms with E-state index in [0.29, 0.717) is 11.8 Å². The van der Waals surface area contributed by atoms with Crippen molar-refractivity contribution in [1.82, 2.24) is 4.98 Å². The van der Waals surface area contributed by atoms with E-state index < -0.39 is 11.4 Å². The van der Waals surface area contributed by atoms with Gasteiger partial charge in [0.25, 0.3) is 0 Å². The van der Waals surface area contributed by atoms with Crippen molar-refractivity contribution >= 4 is 16.9 Å². The lowest BCUT2D eigenvalue weighted by molar-refractivity contribution is -0.146. The van der Waals surface area contributed by atoms with Gasteiger partial charge in [0.15, 0.2) is 0 Å². The van der Waals surface area contributed by atoms with Crippen molar-refractivity contribution in [3.05, 3.63) is 30.0 Å². The fourth-order valence-corrected chi connectivity index (χ4v) is 1.93. The lowest BCUT2D eigenvalue weighted by Crippen LogP contribution is -2.26. The molecule has 0 aliphatic carbocycles. The number of carbonyl (C=O) groups is 1. The summed E-state index contributed by atoms with van der Waals surface area (Å²) in [6, 6.07) is 5.21. The Morgan fingerprint density at radius 1 is 1.41 bits per heavy atom. The number of aromatic hydroxyl groups is 1. The Morgan fingerprint density at radius 2 is 2.12 bits per heavy atom. The van der Waals surface area contributed by atoms with Gasteiger partial charge in [-0.05, 0) is 38.0 Å². The van der Waals surface area contributed by atoms with E-state index in [1.54, 1.807) is 32.2 Å². The molecule has 0 saturated heterocycles. The van der Waals surface area contributed by atoms with E-state index in [1.165, 1.54) is 0 Å². The molecule has 0 spiro atoms. The van der Waals surface area contributed by atoms with Gasteiger partial charge in [-0.15, -0.1) is 0 Å². The highest BCUT2D eigenvalue weighted by Crippen LogP contribution is 2.32. The maximum atomic E-state index is 11.1. The first-order valence-corrected chi connectivity index (χ1v) is 5.43. The van der Waals surface area contributed by atoms with Crippen molar-refractivity contribution < 1.29 is 15.0 Å². The average Bonchev–Trinajstić information content (AvgIpc) is 2.62. The van der Waals surface area contributed by atoms with Crippen LogP contribution in [0, 0.1) is 5.41 Å².